The highest BCUT2D eigenvalue weighted by Crippen LogP contribution is 2.32. The summed E-state index contributed by atoms with van der Waals surface area (Å²) in [5, 5.41) is 1.48. The Kier molecular flexibility index (Phi) is 3.62. The highest BCUT2D eigenvalue weighted by Gasteiger charge is 2.28. The highest BCUT2D eigenvalue weighted by molar-refractivity contribution is 9.10. The number of H-pyrrole nitrogens is 1. The monoisotopic (exact) mass is 390 g/mol. The fourth-order valence-electron chi connectivity index (χ4n) is 2.95. The normalized spacial score (nSPS) is 16.9. The number of nitrogens with zero attached hydrogens (tertiary/aromatic N) is 1. The molecule has 0 spiro atoms. The van der Waals surface area contributed by atoms with Crippen LogP contribution >= 0.6 is 27.5 Å². The Labute approximate surface area is 145 Å². The van der Waals surface area contributed by atoms with Crippen LogP contribution in [-0.4, -0.2) is 22.4 Å². The third-order valence-corrected chi connectivity index (χ3v) is 4.77. The number of aromatic amines is 1. The van der Waals surface area contributed by atoms with Crippen molar-refractivity contribution in [2.24, 2.45) is 5.92 Å². The minimum absolute atomic E-state index is 0.0611. The number of aromatic nitrogens is 2. The van der Waals surface area contributed by atoms with Crippen molar-refractivity contribution in [3.05, 3.63) is 57.4 Å². The maximum Gasteiger partial charge on any atom is 0.171 e. The van der Waals surface area contributed by atoms with Gasteiger partial charge in [-0.15, -0.1) is 0 Å². The Morgan fingerprint density at radius 2 is 2.26 bits per heavy atom. The molecule has 1 aliphatic heterocycles. The Morgan fingerprint density at radius 1 is 1.39 bits per heavy atom. The van der Waals surface area contributed by atoms with Gasteiger partial charge in [0.1, 0.15) is 10.4 Å². The molecule has 2 aromatic heterocycles. The zero-order chi connectivity index (χ0) is 16.0. The first kappa shape index (κ1) is 14.7. The first-order valence-electron chi connectivity index (χ1n) is 7.20. The second-order valence-corrected chi connectivity index (χ2v) is 6.83. The van der Waals surface area contributed by atoms with Gasteiger partial charge in [0.25, 0.3) is 0 Å². The summed E-state index contributed by atoms with van der Waals surface area (Å²) in [6.45, 7) is 0.379. The molecule has 0 unspecified atom stereocenters. The van der Waals surface area contributed by atoms with E-state index >= 15 is 0 Å². The maximum atomic E-state index is 12.9. The second-order valence-electron chi connectivity index (χ2n) is 5.58. The molecule has 0 aliphatic carbocycles. The molecule has 23 heavy (non-hydrogen) atoms. The molecule has 1 aliphatic rings. The van der Waals surface area contributed by atoms with E-state index in [1.165, 1.54) is 0 Å². The molecule has 3 aromatic rings. The van der Waals surface area contributed by atoms with E-state index in [1.807, 2.05) is 18.2 Å². The Balaban J connectivity index is 1.66. The Morgan fingerprint density at radius 3 is 3.13 bits per heavy atom. The van der Waals surface area contributed by atoms with Gasteiger partial charge < -0.3 is 9.72 Å². The van der Waals surface area contributed by atoms with Crippen LogP contribution in [0.15, 0.2) is 41.3 Å². The summed E-state index contributed by atoms with van der Waals surface area (Å²) in [6.07, 6.45) is 4.08. The number of carbonyl (C=O) groups excluding carboxylic acids is 1. The van der Waals surface area contributed by atoms with Gasteiger partial charge in [-0.05, 0) is 52.2 Å². The summed E-state index contributed by atoms with van der Waals surface area (Å²) in [7, 11) is 0. The third kappa shape index (κ3) is 2.64. The number of ketones is 1. The van der Waals surface area contributed by atoms with E-state index in [2.05, 4.69) is 25.9 Å². The van der Waals surface area contributed by atoms with Crippen LogP contribution in [0.2, 0.25) is 5.02 Å². The largest absolute Gasteiger partial charge is 0.493 e. The summed E-state index contributed by atoms with van der Waals surface area (Å²) >= 11 is 9.37. The van der Waals surface area contributed by atoms with Crippen LogP contribution in [0.5, 0.6) is 5.75 Å². The molecule has 4 nitrogen and oxygen atoms in total. The molecular formula is C17H12BrClN2O2. The minimum atomic E-state index is -0.219. The van der Waals surface area contributed by atoms with Gasteiger partial charge in [0.15, 0.2) is 5.78 Å². The number of hydrogen-bond donors (Lipinski definition) is 1. The fraction of sp³-hybridized carbons (Fsp3) is 0.176. The number of fused-ring (bicyclic) bond motifs is 2. The number of pyridine rings is 1. The van der Waals surface area contributed by atoms with Gasteiger partial charge in [0.05, 0.1) is 18.0 Å². The number of Topliss-reactive ketones (excluding diaryl/α,β-unsaturated/α-hetero) is 1. The Hall–Kier alpha value is -1.85. The van der Waals surface area contributed by atoms with Crippen LogP contribution in [0.4, 0.5) is 0 Å². The number of benzene rings is 1. The lowest BCUT2D eigenvalue weighted by Crippen LogP contribution is -2.28. The number of ether oxygens (including phenoxy) is 1. The van der Waals surface area contributed by atoms with Crippen LogP contribution in [0, 0.1) is 5.92 Å². The number of hydrogen-bond acceptors (Lipinski definition) is 3. The van der Waals surface area contributed by atoms with Crippen molar-refractivity contribution < 1.29 is 9.53 Å². The SMILES string of the molecule is O=C(c1c[nH]c2cc(Br)ncc12)[C@@H]1COc2ccc(Cl)cc2C1. The molecule has 6 heteroatoms. The van der Waals surface area contributed by atoms with E-state index in [0.717, 1.165) is 26.8 Å². The van der Waals surface area contributed by atoms with Crippen molar-refractivity contribution >= 4 is 44.2 Å². The molecule has 0 fully saturated rings. The summed E-state index contributed by atoms with van der Waals surface area (Å²) in [6, 6.07) is 7.38. The summed E-state index contributed by atoms with van der Waals surface area (Å²) in [5.41, 5.74) is 2.51. The molecule has 0 amide bonds. The molecule has 1 aromatic carbocycles. The molecule has 1 N–H and O–H groups in total. The quantitative estimate of drug-likeness (QED) is 0.520. The van der Waals surface area contributed by atoms with Gasteiger partial charge in [-0.3, -0.25) is 4.79 Å². The van der Waals surface area contributed by atoms with E-state index in [-0.39, 0.29) is 11.7 Å². The second kappa shape index (κ2) is 5.65. The van der Waals surface area contributed by atoms with Crippen LogP contribution in [0.3, 0.4) is 0 Å². The number of nitrogens with one attached hydrogen (secondary N) is 1. The first-order valence-corrected chi connectivity index (χ1v) is 8.37. The zero-order valence-corrected chi connectivity index (χ0v) is 14.3. The van der Waals surface area contributed by atoms with Crippen molar-refractivity contribution in [2.75, 3.05) is 6.61 Å². The molecule has 0 bridgehead atoms. The molecule has 0 saturated carbocycles. The Bertz CT molecular complexity index is 922. The van der Waals surface area contributed by atoms with Gasteiger partial charge in [-0.25, -0.2) is 4.98 Å². The fourth-order valence-corrected chi connectivity index (χ4v) is 3.47. The average Bonchev–Trinajstić information content (AvgIpc) is 2.96. The number of rotatable bonds is 2. The van der Waals surface area contributed by atoms with Crippen LogP contribution in [0.25, 0.3) is 10.9 Å². The number of carbonyl (C=O) groups is 1. The van der Waals surface area contributed by atoms with Crippen molar-refractivity contribution in [1.82, 2.24) is 9.97 Å². The standard InChI is InChI=1S/C17H12BrClN2O2/c18-16-5-14-12(6-21-16)13(7-20-14)17(22)10-3-9-4-11(19)1-2-15(9)23-8-10/h1-2,4-7,10,20H,3,8H2/t10-/m0/s1. The topological polar surface area (TPSA) is 55.0 Å². The third-order valence-electron chi connectivity index (χ3n) is 4.10. The lowest BCUT2D eigenvalue weighted by atomic mass is 9.90. The van der Waals surface area contributed by atoms with Crippen molar-refractivity contribution in [2.45, 2.75) is 6.42 Å². The van der Waals surface area contributed by atoms with Gasteiger partial charge in [-0.1, -0.05) is 11.6 Å². The van der Waals surface area contributed by atoms with E-state index in [9.17, 15) is 4.79 Å². The molecule has 0 radical (unpaired) electrons. The van der Waals surface area contributed by atoms with Gasteiger partial charge >= 0.3 is 0 Å². The predicted molar refractivity (Wildman–Crippen MR) is 92.3 cm³/mol. The van der Waals surface area contributed by atoms with Gasteiger partial charge in [0, 0.05) is 28.4 Å². The van der Waals surface area contributed by atoms with Crippen molar-refractivity contribution in [3.8, 4) is 5.75 Å². The zero-order valence-electron chi connectivity index (χ0n) is 12.0. The van der Waals surface area contributed by atoms with E-state index in [1.54, 1.807) is 18.5 Å². The van der Waals surface area contributed by atoms with Gasteiger partial charge in [0.2, 0.25) is 0 Å². The smallest absolute Gasteiger partial charge is 0.171 e. The maximum absolute atomic E-state index is 12.9. The van der Waals surface area contributed by atoms with E-state index in [4.69, 9.17) is 16.3 Å². The van der Waals surface area contributed by atoms with Crippen LogP contribution in [0.1, 0.15) is 15.9 Å². The molecule has 4 rings (SSSR count). The number of halogens is 2. The van der Waals surface area contributed by atoms with Crippen molar-refractivity contribution in [1.29, 1.82) is 0 Å². The lowest BCUT2D eigenvalue weighted by molar-refractivity contribution is 0.0857. The summed E-state index contributed by atoms with van der Waals surface area (Å²) < 4.78 is 6.46. The minimum Gasteiger partial charge on any atom is -0.493 e. The lowest BCUT2D eigenvalue weighted by Gasteiger charge is -2.24. The molecule has 3 heterocycles. The molecule has 116 valence electrons. The van der Waals surface area contributed by atoms with Gasteiger partial charge in [-0.2, -0.15) is 0 Å². The van der Waals surface area contributed by atoms with E-state index in [0.29, 0.717) is 23.6 Å². The summed E-state index contributed by atoms with van der Waals surface area (Å²) in [4.78, 5) is 20.2. The first-order chi connectivity index (χ1) is 11.1. The molecule has 1 atom stereocenters. The molecular weight excluding hydrogens is 380 g/mol. The summed E-state index contributed by atoms with van der Waals surface area (Å²) in [5.74, 6) is 0.651. The van der Waals surface area contributed by atoms with Crippen LogP contribution in [-0.2, 0) is 6.42 Å². The predicted octanol–water partition coefficient (Wildman–Crippen LogP) is 4.41. The van der Waals surface area contributed by atoms with Crippen molar-refractivity contribution in [3.63, 3.8) is 0 Å². The highest BCUT2D eigenvalue weighted by atomic mass is 79.9. The molecule has 0 saturated heterocycles. The average molecular weight is 392 g/mol. The van der Waals surface area contributed by atoms with E-state index < -0.39 is 0 Å². The van der Waals surface area contributed by atoms with Crippen LogP contribution < -0.4 is 4.74 Å².